The SMILES string of the molecule is [CH2]NC(=S)SCC. The molecule has 1 radical (unpaired) electrons. The van der Waals surface area contributed by atoms with Crippen LogP contribution in [0.25, 0.3) is 0 Å². The van der Waals surface area contributed by atoms with Gasteiger partial charge in [-0.25, -0.2) is 0 Å². The van der Waals surface area contributed by atoms with Crippen molar-refractivity contribution in [1.29, 1.82) is 0 Å². The second-order valence-electron chi connectivity index (χ2n) is 0.897. The van der Waals surface area contributed by atoms with Crippen molar-refractivity contribution in [2.45, 2.75) is 6.92 Å². The monoisotopic (exact) mass is 134 g/mol. The fourth-order valence-electron chi connectivity index (χ4n) is 0.182. The first kappa shape index (κ1) is 7.24. The van der Waals surface area contributed by atoms with Gasteiger partial charge >= 0.3 is 0 Å². The fraction of sp³-hybridized carbons (Fsp3) is 0.500. The number of hydrogen-bond donors (Lipinski definition) is 1. The summed E-state index contributed by atoms with van der Waals surface area (Å²) in [5, 5.41) is 2.61. The van der Waals surface area contributed by atoms with Gasteiger partial charge in [-0.2, -0.15) is 0 Å². The first-order valence-electron chi connectivity index (χ1n) is 2.01. The number of thioether (sulfide) groups is 1. The van der Waals surface area contributed by atoms with Crippen molar-refractivity contribution in [2.24, 2.45) is 0 Å². The number of rotatable bonds is 1. The van der Waals surface area contributed by atoms with Gasteiger partial charge in [0.05, 0.1) is 0 Å². The van der Waals surface area contributed by atoms with Crippen LogP contribution in [0.4, 0.5) is 0 Å². The van der Waals surface area contributed by atoms with Crippen molar-refractivity contribution in [2.75, 3.05) is 5.75 Å². The van der Waals surface area contributed by atoms with E-state index in [0.717, 1.165) is 10.1 Å². The van der Waals surface area contributed by atoms with Crippen molar-refractivity contribution in [1.82, 2.24) is 5.32 Å². The Hall–Kier alpha value is 0.240. The number of thiocarbonyl (C=S) groups is 1. The summed E-state index contributed by atoms with van der Waals surface area (Å²) in [5.74, 6) is 1.02. The van der Waals surface area contributed by atoms with Crippen molar-refractivity contribution < 1.29 is 0 Å². The number of nitrogens with one attached hydrogen (secondary N) is 1. The topological polar surface area (TPSA) is 12.0 Å². The van der Waals surface area contributed by atoms with Gasteiger partial charge in [0.2, 0.25) is 0 Å². The molecule has 0 unspecified atom stereocenters. The predicted octanol–water partition coefficient (Wildman–Crippen LogP) is 1.41. The van der Waals surface area contributed by atoms with E-state index < -0.39 is 0 Å². The van der Waals surface area contributed by atoms with Crippen LogP contribution in [0, 0.1) is 7.05 Å². The van der Waals surface area contributed by atoms with E-state index in [1.54, 1.807) is 11.8 Å². The molecule has 0 aliphatic rings. The predicted molar refractivity (Wildman–Crippen MR) is 39.2 cm³/mol. The van der Waals surface area contributed by atoms with Gasteiger partial charge in [0, 0.05) is 7.05 Å². The Morgan fingerprint density at radius 1 is 2.00 bits per heavy atom. The molecule has 0 atom stereocenters. The van der Waals surface area contributed by atoms with Crippen LogP contribution in [0.2, 0.25) is 0 Å². The van der Waals surface area contributed by atoms with Gasteiger partial charge in [-0.15, -0.1) is 0 Å². The maximum absolute atomic E-state index is 4.74. The summed E-state index contributed by atoms with van der Waals surface area (Å²) in [6, 6.07) is 0. The molecule has 0 aromatic rings. The summed E-state index contributed by atoms with van der Waals surface area (Å²) in [6.07, 6.45) is 0. The Kier molecular flexibility index (Phi) is 4.55. The maximum atomic E-state index is 4.74. The fourth-order valence-corrected chi connectivity index (χ4v) is 0.900. The molecule has 0 fully saturated rings. The van der Waals surface area contributed by atoms with Gasteiger partial charge in [0.15, 0.2) is 0 Å². The lowest BCUT2D eigenvalue weighted by molar-refractivity contribution is 1.35. The molecular weight excluding hydrogens is 126 g/mol. The second kappa shape index (κ2) is 4.40. The van der Waals surface area contributed by atoms with Crippen molar-refractivity contribution in [3.8, 4) is 0 Å². The van der Waals surface area contributed by atoms with Crippen molar-refractivity contribution in [3.05, 3.63) is 7.05 Å². The quantitative estimate of drug-likeness (QED) is 0.544. The molecule has 0 saturated carbocycles. The third kappa shape index (κ3) is 4.09. The summed E-state index contributed by atoms with van der Waals surface area (Å²) in [6.45, 7) is 2.05. The zero-order chi connectivity index (χ0) is 5.70. The molecule has 0 bridgehead atoms. The van der Waals surface area contributed by atoms with Crippen LogP contribution < -0.4 is 5.32 Å². The average Bonchev–Trinajstić information content (AvgIpc) is 1.68. The third-order valence-electron chi connectivity index (χ3n) is 0.420. The van der Waals surface area contributed by atoms with Gasteiger partial charge in [0.1, 0.15) is 4.32 Å². The Balaban J connectivity index is 3.00. The van der Waals surface area contributed by atoms with Crippen LogP contribution >= 0.6 is 24.0 Å². The largest absolute Gasteiger partial charge is 0.369 e. The highest BCUT2D eigenvalue weighted by molar-refractivity contribution is 8.22. The summed E-state index contributed by atoms with van der Waals surface area (Å²) >= 11 is 6.33. The van der Waals surface area contributed by atoms with Crippen LogP contribution in [0.5, 0.6) is 0 Å². The van der Waals surface area contributed by atoms with E-state index in [2.05, 4.69) is 12.4 Å². The molecule has 7 heavy (non-hydrogen) atoms. The Bertz CT molecular complexity index is 62.7. The minimum Gasteiger partial charge on any atom is -0.369 e. The number of hydrogen-bond acceptors (Lipinski definition) is 2. The van der Waals surface area contributed by atoms with Gasteiger partial charge < -0.3 is 5.32 Å². The summed E-state index contributed by atoms with van der Waals surface area (Å²) in [5.41, 5.74) is 0. The molecule has 0 aromatic carbocycles. The Morgan fingerprint density at radius 3 is 2.71 bits per heavy atom. The zero-order valence-electron chi connectivity index (χ0n) is 4.23. The lowest BCUT2D eigenvalue weighted by Crippen LogP contribution is -2.07. The van der Waals surface area contributed by atoms with Crippen molar-refractivity contribution >= 4 is 28.3 Å². The molecule has 0 aromatic heterocycles. The highest BCUT2D eigenvalue weighted by Crippen LogP contribution is 1.97. The maximum Gasteiger partial charge on any atom is 0.133 e. The van der Waals surface area contributed by atoms with Gasteiger partial charge in [-0.05, 0) is 5.75 Å². The Labute approximate surface area is 53.9 Å². The van der Waals surface area contributed by atoms with Crippen LogP contribution in [-0.4, -0.2) is 10.1 Å². The lowest BCUT2D eigenvalue weighted by atomic mass is 11.0. The molecule has 0 heterocycles. The molecule has 0 amide bonds. The average molecular weight is 134 g/mol. The molecule has 0 spiro atoms. The van der Waals surface area contributed by atoms with E-state index in [0.29, 0.717) is 0 Å². The molecule has 3 heteroatoms. The van der Waals surface area contributed by atoms with Gasteiger partial charge in [0.25, 0.3) is 0 Å². The molecule has 1 N–H and O–H groups in total. The third-order valence-corrected chi connectivity index (χ3v) is 1.61. The van der Waals surface area contributed by atoms with E-state index in [-0.39, 0.29) is 0 Å². The van der Waals surface area contributed by atoms with Crippen LogP contribution in [-0.2, 0) is 0 Å². The van der Waals surface area contributed by atoms with E-state index in [1.165, 1.54) is 0 Å². The van der Waals surface area contributed by atoms with E-state index in [9.17, 15) is 0 Å². The van der Waals surface area contributed by atoms with Crippen molar-refractivity contribution in [3.63, 3.8) is 0 Å². The lowest BCUT2D eigenvalue weighted by Gasteiger charge is -1.94. The van der Waals surface area contributed by atoms with E-state index in [1.807, 2.05) is 6.92 Å². The van der Waals surface area contributed by atoms with Gasteiger partial charge in [-0.3, -0.25) is 0 Å². The molecule has 0 rings (SSSR count). The van der Waals surface area contributed by atoms with Crippen LogP contribution in [0.3, 0.4) is 0 Å². The first-order chi connectivity index (χ1) is 3.31. The summed E-state index contributed by atoms with van der Waals surface area (Å²) in [7, 11) is 3.39. The molecule has 1 nitrogen and oxygen atoms in total. The van der Waals surface area contributed by atoms with E-state index in [4.69, 9.17) is 12.2 Å². The minimum absolute atomic E-state index is 0.766. The Morgan fingerprint density at radius 2 is 2.57 bits per heavy atom. The van der Waals surface area contributed by atoms with Crippen LogP contribution in [0.15, 0.2) is 0 Å². The second-order valence-corrected chi connectivity index (χ2v) is 2.84. The van der Waals surface area contributed by atoms with Gasteiger partial charge in [-0.1, -0.05) is 30.9 Å². The summed E-state index contributed by atoms with van der Waals surface area (Å²) < 4.78 is 0.766. The minimum atomic E-state index is 0.766. The molecular formula is C4H8NS2. The highest BCUT2D eigenvalue weighted by atomic mass is 32.2. The smallest absolute Gasteiger partial charge is 0.133 e. The molecule has 0 aliphatic carbocycles. The summed E-state index contributed by atoms with van der Waals surface area (Å²) in [4.78, 5) is 0. The first-order valence-corrected chi connectivity index (χ1v) is 3.40. The van der Waals surface area contributed by atoms with Crippen LogP contribution in [0.1, 0.15) is 6.92 Å². The zero-order valence-corrected chi connectivity index (χ0v) is 5.86. The normalized spacial score (nSPS) is 8.29. The molecule has 0 aliphatic heterocycles. The molecule has 0 saturated heterocycles. The standard InChI is InChI=1S/C4H8NS2/c1-3-7-4(6)5-2/h2-3H2,1H3,(H,5,6). The highest BCUT2D eigenvalue weighted by Gasteiger charge is 1.85. The molecule has 41 valence electrons. The van der Waals surface area contributed by atoms with E-state index >= 15 is 0 Å².